The molecule has 0 bridgehead atoms. The van der Waals surface area contributed by atoms with Crippen LogP contribution in [0.2, 0.25) is 0 Å². The highest BCUT2D eigenvalue weighted by molar-refractivity contribution is 9.10. The summed E-state index contributed by atoms with van der Waals surface area (Å²) in [5.41, 5.74) is 1.46. The molecule has 5 heteroatoms. The Morgan fingerprint density at radius 2 is 2.12 bits per heavy atom. The zero-order valence-electron chi connectivity index (χ0n) is 8.71. The Morgan fingerprint density at radius 3 is 2.69 bits per heavy atom. The predicted molar refractivity (Wildman–Crippen MR) is 62.3 cm³/mol. The molecule has 16 heavy (non-hydrogen) atoms. The van der Waals surface area contributed by atoms with Crippen LogP contribution in [0.1, 0.15) is 16.1 Å². The SMILES string of the molecule is Cc1c(C(=O)O)n(C)c2cc(Br)c(F)cc12. The van der Waals surface area contributed by atoms with E-state index in [9.17, 15) is 9.18 Å². The molecular formula is C11H9BrFNO2. The number of hydrogen-bond donors (Lipinski definition) is 1. The molecule has 0 amide bonds. The van der Waals surface area contributed by atoms with Gasteiger partial charge in [0.1, 0.15) is 11.5 Å². The summed E-state index contributed by atoms with van der Waals surface area (Å²) in [5, 5.41) is 9.69. The van der Waals surface area contributed by atoms with Crippen LogP contribution in [0.5, 0.6) is 0 Å². The number of aryl methyl sites for hydroxylation is 2. The van der Waals surface area contributed by atoms with Crippen LogP contribution in [-0.2, 0) is 7.05 Å². The Labute approximate surface area is 99.6 Å². The first kappa shape index (κ1) is 11.1. The van der Waals surface area contributed by atoms with E-state index in [1.54, 1.807) is 24.6 Å². The maximum Gasteiger partial charge on any atom is 0.352 e. The maximum atomic E-state index is 13.4. The lowest BCUT2D eigenvalue weighted by molar-refractivity contribution is 0.0686. The van der Waals surface area contributed by atoms with Gasteiger partial charge < -0.3 is 9.67 Å². The van der Waals surface area contributed by atoms with Crippen LogP contribution in [-0.4, -0.2) is 15.6 Å². The number of aromatic nitrogens is 1. The third-order valence-electron chi connectivity index (χ3n) is 2.70. The summed E-state index contributed by atoms with van der Waals surface area (Å²) >= 11 is 3.09. The standard InChI is InChI=1S/C11H9BrFNO2/c1-5-6-3-8(13)7(12)4-9(6)14(2)10(5)11(15)16/h3-4H,1-2H3,(H,15,16). The van der Waals surface area contributed by atoms with Crippen molar-refractivity contribution >= 4 is 32.8 Å². The van der Waals surface area contributed by atoms with Gasteiger partial charge in [-0.3, -0.25) is 0 Å². The van der Waals surface area contributed by atoms with E-state index in [0.29, 0.717) is 20.9 Å². The van der Waals surface area contributed by atoms with Crippen LogP contribution >= 0.6 is 15.9 Å². The number of nitrogens with zero attached hydrogens (tertiary/aromatic N) is 1. The van der Waals surface area contributed by atoms with E-state index in [1.807, 2.05) is 0 Å². The van der Waals surface area contributed by atoms with Crippen LogP contribution < -0.4 is 0 Å². The Hall–Kier alpha value is -1.36. The summed E-state index contributed by atoms with van der Waals surface area (Å²) in [6, 6.07) is 2.94. The van der Waals surface area contributed by atoms with E-state index in [0.717, 1.165) is 0 Å². The van der Waals surface area contributed by atoms with Gasteiger partial charge in [0.25, 0.3) is 0 Å². The van der Waals surface area contributed by atoms with Gasteiger partial charge in [0.15, 0.2) is 0 Å². The molecule has 0 aliphatic carbocycles. The zero-order valence-corrected chi connectivity index (χ0v) is 10.3. The zero-order chi connectivity index (χ0) is 12.0. The molecular weight excluding hydrogens is 277 g/mol. The molecule has 0 fully saturated rings. The summed E-state index contributed by atoms with van der Waals surface area (Å²) in [5.74, 6) is -1.40. The fourth-order valence-electron chi connectivity index (χ4n) is 1.92. The number of aromatic carboxylic acids is 1. The summed E-state index contributed by atoms with van der Waals surface area (Å²) in [7, 11) is 1.66. The number of carboxylic acids is 1. The Morgan fingerprint density at radius 1 is 1.50 bits per heavy atom. The molecule has 2 aromatic rings. The molecule has 0 unspecified atom stereocenters. The van der Waals surface area contributed by atoms with Gasteiger partial charge in [-0.15, -0.1) is 0 Å². The molecule has 3 nitrogen and oxygen atoms in total. The van der Waals surface area contributed by atoms with Crippen molar-refractivity contribution in [2.24, 2.45) is 7.05 Å². The molecule has 0 aliphatic heterocycles. The third-order valence-corrected chi connectivity index (χ3v) is 3.30. The number of carboxylic acid groups (broad SMARTS) is 1. The molecule has 1 N–H and O–H groups in total. The minimum Gasteiger partial charge on any atom is -0.477 e. The molecule has 0 atom stereocenters. The Bertz CT molecular complexity index is 559. The van der Waals surface area contributed by atoms with Gasteiger partial charge in [-0.2, -0.15) is 0 Å². The van der Waals surface area contributed by atoms with Gasteiger partial charge in [-0.25, -0.2) is 9.18 Å². The fourth-order valence-corrected chi connectivity index (χ4v) is 2.25. The topological polar surface area (TPSA) is 42.2 Å². The second-order valence-electron chi connectivity index (χ2n) is 3.62. The fraction of sp³-hybridized carbons (Fsp3) is 0.182. The van der Waals surface area contributed by atoms with Crippen LogP contribution in [0.3, 0.4) is 0 Å². The predicted octanol–water partition coefficient (Wildman–Crippen LogP) is 3.09. The van der Waals surface area contributed by atoms with Crippen LogP contribution in [0.4, 0.5) is 4.39 Å². The molecule has 1 aromatic heterocycles. The van der Waals surface area contributed by atoms with Crippen molar-refractivity contribution in [2.75, 3.05) is 0 Å². The highest BCUT2D eigenvalue weighted by Gasteiger charge is 2.18. The number of rotatable bonds is 1. The average molecular weight is 286 g/mol. The number of fused-ring (bicyclic) bond motifs is 1. The van der Waals surface area contributed by atoms with Gasteiger partial charge in [0.2, 0.25) is 0 Å². The first-order valence-corrected chi connectivity index (χ1v) is 5.40. The van der Waals surface area contributed by atoms with Gasteiger partial charge >= 0.3 is 5.97 Å². The minimum absolute atomic E-state index is 0.188. The van der Waals surface area contributed by atoms with Crippen molar-refractivity contribution in [3.63, 3.8) is 0 Å². The average Bonchev–Trinajstić information content (AvgIpc) is 2.41. The van der Waals surface area contributed by atoms with E-state index in [1.165, 1.54) is 6.07 Å². The number of benzene rings is 1. The second-order valence-corrected chi connectivity index (χ2v) is 4.48. The molecule has 1 aromatic carbocycles. The highest BCUT2D eigenvalue weighted by atomic mass is 79.9. The number of hydrogen-bond acceptors (Lipinski definition) is 1. The number of carbonyl (C=O) groups is 1. The smallest absolute Gasteiger partial charge is 0.352 e. The summed E-state index contributed by atoms with van der Waals surface area (Å²) in [4.78, 5) is 11.1. The normalized spacial score (nSPS) is 11.0. The molecule has 0 spiro atoms. The molecule has 1 heterocycles. The van der Waals surface area contributed by atoms with Crippen LogP contribution in [0, 0.1) is 12.7 Å². The van der Waals surface area contributed by atoms with Crippen molar-refractivity contribution < 1.29 is 14.3 Å². The number of halogens is 2. The van der Waals surface area contributed by atoms with Crippen LogP contribution in [0.25, 0.3) is 10.9 Å². The molecule has 0 saturated carbocycles. The van der Waals surface area contributed by atoms with Gasteiger partial charge in [0, 0.05) is 12.4 Å². The maximum absolute atomic E-state index is 13.4. The minimum atomic E-state index is -1.01. The van der Waals surface area contributed by atoms with E-state index >= 15 is 0 Å². The van der Waals surface area contributed by atoms with Crippen molar-refractivity contribution in [3.05, 3.63) is 33.7 Å². The van der Waals surface area contributed by atoms with Crippen molar-refractivity contribution in [1.29, 1.82) is 0 Å². The molecule has 0 saturated heterocycles. The summed E-state index contributed by atoms with van der Waals surface area (Å²) in [6.45, 7) is 1.68. The van der Waals surface area contributed by atoms with E-state index < -0.39 is 11.8 Å². The first-order chi connectivity index (χ1) is 7.43. The lowest BCUT2D eigenvalue weighted by atomic mass is 10.1. The monoisotopic (exact) mass is 285 g/mol. The van der Waals surface area contributed by atoms with E-state index in [2.05, 4.69) is 15.9 Å². The molecule has 2 rings (SSSR count). The summed E-state index contributed by atoms with van der Waals surface area (Å²) in [6.07, 6.45) is 0. The molecule has 0 aliphatic rings. The van der Waals surface area contributed by atoms with Gasteiger partial charge in [-0.1, -0.05) is 0 Å². The van der Waals surface area contributed by atoms with E-state index in [4.69, 9.17) is 5.11 Å². The Kier molecular flexibility index (Phi) is 2.50. The lowest BCUT2D eigenvalue weighted by Crippen LogP contribution is -2.05. The second kappa shape index (κ2) is 3.59. The quantitative estimate of drug-likeness (QED) is 0.875. The lowest BCUT2D eigenvalue weighted by Gasteiger charge is -2.00. The van der Waals surface area contributed by atoms with Gasteiger partial charge in [-0.05, 0) is 40.5 Å². The van der Waals surface area contributed by atoms with E-state index in [-0.39, 0.29) is 5.69 Å². The van der Waals surface area contributed by atoms with Crippen molar-refractivity contribution in [1.82, 2.24) is 4.57 Å². The van der Waals surface area contributed by atoms with Crippen LogP contribution in [0.15, 0.2) is 16.6 Å². The molecule has 84 valence electrons. The Balaban J connectivity index is 2.94. The van der Waals surface area contributed by atoms with Gasteiger partial charge in [0.05, 0.1) is 9.99 Å². The van der Waals surface area contributed by atoms with Crippen molar-refractivity contribution in [2.45, 2.75) is 6.92 Å². The summed E-state index contributed by atoms with van der Waals surface area (Å²) < 4.78 is 15.3. The highest BCUT2D eigenvalue weighted by Crippen LogP contribution is 2.29. The van der Waals surface area contributed by atoms with Crippen molar-refractivity contribution in [3.8, 4) is 0 Å². The first-order valence-electron chi connectivity index (χ1n) is 4.60. The largest absolute Gasteiger partial charge is 0.477 e. The third kappa shape index (κ3) is 1.43. The molecule has 0 radical (unpaired) electrons.